The van der Waals surface area contributed by atoms with Crippen molar-refractivity contribution in [3.05, 3.63) is 58.3 Å². The molecule has 1 amide bonds. The highest BCUT2D eigenvalue weighted by atomic mass is 19.1. The molecule has 1 fully saturated rings. The zero-order chi connectivity index (χ0) is 20.3. The van der Waals surface area contributed by atoms with E-state index in [1.54, 1.807) is 6.07 Å². The molecule has 0 aliphatic heterocycles. The molecule has 28 heavy (non-hydrogen) atoms. The first-order chi connectivity index (χ1) is 13.4. The van der Waals surface area contributed by atoms with E-state index in [1.165, 1.54) is 24.3 Å². The number of carboxylic acids is 1. The zero-order valence-electron chi connectivity index (χ0n) is 15.5. The van der Waals surface area contributed by atoms with Crippen molar-refractivity contribution >= 4 is 11.9 Å². The number of aliphatic carboxylic acids is 1. The van der Waals surface area contributed by atoms with E-state index in [9.17, 15) is 23.9 Å². The second-order valence-electron chi connectivity index (χ2n) is 7.11. The van der Waals surface area contributed by atoms with Crippen molar-refractivity contribution in [1.29, 1.82) is 0 Å². The van der Waals surface area contributed by atoms with Crippen LogP contribution in [-0.4, -0.2) is 32.3 Å². The lowest BCUT2D eigenvalue weighted by Crippen LogP contribution is -2.56. The number of para-hydroxylation sites is 1. The molecule has 3 rings (SSSR count). The standard InChI is InChI=1S/C20H22FN3O4/c1-2-13-9-11-20(12-10-13,19(27)28)22-18(26)15-7-8-17(25)24(23-15)16-6-4-3-5-14(16)21/h3-8,13H,2,9-12H2,1H3,(H,22,26)(H,27,28). The summed E-state index contributed by atoms with van der Waals surface area (Å²) in [4.78, 5) is 36.7. The zero-order valence-corrected chi connectivity index (χ0v) is 15.5. The number of carbonyl (C=O) groups is 2. The maximum absolute atomic E-state index is 14.0. The summed E-state index contributed by atoms with van der Waals surface area (Å²) in [6, 6.07) is 7.89. The maximum Gasteiger partial charge on any atom is 0.329 e. The van der Waals surface area contributed by atoms with Crippen LogP contribution in [0, 0.1) is 11.7 Å². The third kappa shape index (κ3) is 3.81. The van der Waals surface area contributed by atoms with Crippen molar-refractivity contribution in [3.8, 4) is 5.69 Å². The van der Waals surface area contributed by atoms with Gasteiger partial charge in [0.1, 0.15) is 22.7 Å². The quantitative estimate of drug-likeness (QED) is 0.821. The van der Waals surface area contributed by atoms with E-state index in [2.05, 4.69) is 17.3 Å². The van der Waals surface area contributed by atoms with Crippen LogP contribution in [-0.2, 0) is 4.79 Å². The Labute approximate surface area is 161 Å². The fourth-order valence-electron chi connectivity index (χ4n) is 3.58. The number of carbonyl (C=O) groups excluding carboxylic acids is 1. The molecule has 2 N–H and O–H groups in total. The molecule has 1 heterocycles. The Balaban J connectivity index is 1.88. The van der Waals surface area contributed by atoms with Crippen molar-refractivity contribution in [2.24, 2.45) is 5.92 Å². The van der Waals surface area contributed by atoms with Crippen LogP contribution < -0.4 is 10.9 Å². The summed E-state index contributed by atoms with van der Waals surface area (Å²) in [6.07, 6.45) is 3.06. The lowest BCUT2D eigenvalue weighted by molar-refractivity contribution is -0.146. The number of halogens is 1. The Hall–Kier alpha value is -3.03. The molecule has 0 unspecified atom stereocenters. The van der Waals surface area contributed by atoms with Gasteiger partial charge in [0.15, 0.2) is 0 Å². The Kier molecular flexibility index (Phi) is 5.58. The Morgan fingerprint density at radius 1 is 1.25 bits per heavy atom. The Morgan fingerprint density at radius 3 is 2.54 bits per heavy atom. The Morgan fingerprint density at radius 2 is 1.93 bits per heavy atom. The first-order valence-electron chi connectivity index (χ1n) is 9.27. The van der Waals surface area contributed by atoms with Gasteiger partial charge in [0.25, 0.3) is 11.5 Å². The summed E-state index contributed by atoms with van der Waals surface area (Å²) in [7, 11) is 0. The van der Waals surface area contributed by atoms with E-state index < -0.39 is 28.8 Å². The SMILES string of the molecule is CCC1CCC(NC(=O)c2ccc(=O)n(-c3ccccc3F)n2)(C(=O)O)CC1. The molecule has 148 valence electrons. The van der Waals surface area contributed by atoms with E-state index in [-0.39, 0.29) is 11.4 Å². The normalized spacial score (nSPS) is 21.9. The molecule has 0 spiro atoms. The summed E-state index contributed by atoms with van der Waals surface area (Å²) in [5.74, 6) is -2.00. The lowest BCUT2D eigenvalue weighted by Gasteiger charge is -2.37. The minimum absolute atomic E-state index is 0.0847. The van der Waals surface area contributed by atoms with Crippen molar-refractivity contribution in [2.75, 3.05) is 0 Å². The predicted octanol–water partition coefficient (Wildman–Crippen LogP) is 2.53. The minimum Gasteiger partial charge on any atom is -0.480 e. The summed E-state index contributed by atoms with van der Waals surface area (Å²) in [5, 5.41) is 16.3. The number of nitrogens with one attached hydrogen (secondary N) is 1. The van der Waals surface area contributed by atoms with Crippen LogP contribution >= 0.6 is 0 Å². The summed E-state index contributed by atoms with van der Waals surface area (Å²) in [6.45, 7) is 2.06. The van der Waals surface area contributed by atoms with Gasteiger partial charge in [0, 0.05) is 6.07 Å². The highest BCUT2D eigenvalue weighted by Crippen LogP contribution is 2.34. The molecule has 1 aromatic heterocycles. The van der Waals surface area contributed by atoms with Crippen molar-refractivity contribution < 1.29 is 19.1 Å². The molecule has 1 aliphatic carbocycles. The van der Waals surface area contributed by atoms with E-state index in [4.69, 9.17) is 0 Å². The van der Waals surface area contributed by atoms with Gasteiger partial charge in [-0.05, 0) is 49.8 Å². The van der Waals surface area contributed by atoms with Gasteiger partial charge in [-0.1, -0.05) is 25.5 Å². The summed E-state index contributed by atoms with van der Waals surface area (Å²) < 4.78 is 14.8. The maximum atomic E-state index is 14.0. The molecule has 8 heteroatoms. The third-order valence-corrected chi connectivity index (χ3v) is 5.41. The molecule has 0 atom stereocenters. The van der Waals surface area contributed by atoms with Crippen molar-refractivity contribution in [3.63, 3.8) is 0 Å². The molecule has 2 aromatic rings. The first kappa shape index (κ1) is 19.7. The topological polar surface area (TPSA) is 101 Å². The van der Waals surface area contributed by atoms with Gasteiger partial charge >= 0.3 is 5.97 Å². The Bertz CT molecular complexity index is 948. The number of nitrogens with zero attached hydrogens (tertiary/aromatic N) is 2. The number of aromatic nitrogens is 2. The van der Waals surface area contributed by atoms with Crippen LogP contribution in [0.2, 0.25) is 0 Å². The molecule has 0 radical (unpaired) electrons. The van der Waals surface area contributed by atoms with Crippen molar-refractivity contribution in [2.45, 2.75) is 44.6 Å². The summed E-state index contributed by atoms with van der Waals surface area (Å²) >= 11 is 0. The van der Waals surface area contributed by atoms with Crippen LogP contribution in [0.5, 0.6) is 0 Å². The van der Waals surface area contributed by atoms with E-state index in [0.717, 1.165) is 17.2 Å². The van der Waals surface area contributed by atoms with Crippen molar-refractivity contribution in [1.82, 2.24) is 15.1 Å². The fraction of sp³-hybridized carbons (Fsp3) is 0.400. The van der Waals surface area contributed by atoms with Gasteiger partial charge < -0.3 is 10.4 Å². The number of carboxylic acid groups (broad SMARTS) is 1. The molecule has 0 saturated heterocycles. The van der Waals surface area contributed by atoms with E-state index >= 15 is 0 Å². The minimum atomic E-state index is -1.36. The molecule has 1 aliphatic rings. The average molecular weight is 387 g/mol. The number of hydrogen-bond donors (Lipinski definition) is 2. The fourth-order valence-corrected chi connectivity index (χ4v) is 3.58. The number of amides is 1. The van der Waals surface area contributed by atoms with Gasteiger partial charge in [-0.3, -0.25) is 9.59 Å². The molecule has 1 aromatic carbocycles. The molecule has 0 bridgehead atoms. The van der Waals surface area contributed by atoms with Gasteiger partial charge in [-0.15, -0.1) is 0 Å². The monoisotopic (exact) mass is 387 g/mol. The third-order valence-electron chi connectivity index (χ3n) is 5.41. The molecule has 1 saturated carbocycles. The highest BCUT2D eigenvalue weighted by molar-refractivity contribution is 5.96. The highest BCUT2D eigenvalue weighted by Gasteiger charge is 2.43. The first-order valence-corrected chi connectivity index (χ1v) is 9.27. The van der Waals surface area contributed by atoms with Crippen LogP contribution in [0.3, 0.4) is 0 Å². The van der Waals surface area contributed by atoms with Crippen LogP contribution in [0.1, 0.15) is 49.5 Å². The van der Waals surface area contributed by atoms with Gasteiger partial charge in [-0.25, -0.2) is 9.18 Å². The number of hydrogen-bond acceptors (Lipinski definition) is 4. The summed E-state index contributed by atoms with van der Waals surface area (Å²) in [5.41, 5.74) is -2.19. The smallest absolute Gasteiger partial charge is 0.329 e. The van der Waals surface area contributed by atoms with Crippen LogP contribution in [0.15, 0.2) is 41.2 Å². The largest absolute Gasteiger partial charge is 0.480 e. The van der Waals surface area contributed by atoms with Gasteiger partial charge in [0.2, 0.25) is 0 Å². The van der Waals surface area contributed by atoms with Gasteiger partial charge in [-0.2, -0.15) is 9.78 Å². The lowest BCUT2D eigenvalue weighted by atomic mass is 9.75. The molecular weight excluding hydrogens is 365 g/mol. The number of rotatable bonds is 5. The van der Waals surface area contributed by atoms with E-state index in [1.807, 2.05) is 0 Å². The number of benzene rings is 1. The molecular formula is C20H22FN3O4. The average Bonchev–Trinajstić information content (AvgIpc) is 2.69. The van der Waals surface area contributed by atoms with Crippen LogP contribution in [0.25, 0.3) is 5.69 Å². The second-order valence-corrected chi connectivity index (χ2v) is 7.11. The molecule has 7 nitrogen and oxygen atoms in total. The second kappa shape index (κ2) is 7.92. The van der Waals surface area contributed by atoms with E-state index in [0.29, 0.717) is 31.6 Å². The predicted molar refractivity (Wildman–Crippen MR) is 99.9 cm³/mol. The van der Waals surface area contributed by atoms with Gasteiger partial charge in [0.05, 0.1) is 0 Å². The van der Waals surface area contributed by atoms with Crippen LogP contribution in [0.4, 0.5) is 4.39 Å².